The fourth-order valence-electron chi connectivity index (χ4n) is 0.748. The molecule has 0 aliphatic heterocycles. The molecule has 0 saturated carbocycles. The van der Waals surface area contributed by atoms with Gasteiger partial charge in [-0.05, 0) is 0 Å². The largest absolute Gasteiger partial charge is 0.293 e. The van der Waals surface area contributed by atoms with Crippen molar-refractivity contribution in [3.63, 3.8) is 0 Å². The summed E-state index contributed by atoms with van der Waals surface area (Å²) in [5.41, 5.74) is 0.309. The third-order valence-electron chi connectivity index (χ3n) is 1.22. The van der Waals surface area contributed by atoms with E-state index in [1.165, 1.54) is 12.5 Å². The first kappa shape index (κ1) is 5.90. The van der Waals surface area contributed by atoms with E-state index in [4.69, 9.17) is 0 Å². The van der Waals surface area contributed by atoms with E-state index in [2.05, 4.69) is 25.4 Å². The van der Waals surface area contributed by atoms with Crippen LogP contribution in [-0.4, -0.2) is 25.4 Å². The third-order valence-corrected chi connectivity index (χ3v) is 1.22. The van der Waals surface area contributed by atoms with Gasteiger partial charge >= 0.3 is 0 Å². The second-order valence-electron chi connectivity index (χ2n) is 1.90. The molecule has 1 N–H and O–H groups in total. The summed E-state index contributed by atoms with van der Waals surface area (Å²) in [6, 6.07) is 0. The smallest absolute Gasteiger partial charge is 0.265 e. The van der Waals surface area contributed by atoms with Crippen LogP contribution in [0.4, 0.5) is 0 Å². The van der Waals surface area contributed by atoms with Crippen molar-refractivity contribution in [1.29, 1.82) is 0 Å². The van der Waals surface area contributed by atoms with Crippen molar-refractivity contribution >= 4 is 11.0 Å². The molecule has 2 rings (SSSR count). The SMILES string of the molecule is O=c1[nH]nnc2cncnc12. The minimum absolute atomic E-state index is 0.259. The highest BCUT2D eigenvalue weighted by molar-refractivity contribution is 5.69. The molecular weight excluding hydrogens is 146 g/mol. The molecule has 0 fully saturated rings. The lowest BCUT2D eigenvalue weighted by atomic mass is 10.5. The number of fused-ring (bicyclic) bond motifs is 1. The van der Waals surface area contributed by atoms with E-state index in [0.717, 1.165) is 0 Å². The summed E-state index contributed by atoms with van der Waals surface area (Å²) in [6.07, 6.45) is 2.73. The Morgan fingerprint density at radius 3 is 3.18 bits per heavy atom. The molecular formula is C5H3N5O. The van der Waals surface area contributed by atoms with Gasteiger partial charge in [0.1, 0.15) is 11.8 Å². The highest BCUT2D eigenvalue weighted by Crippen LogP contribution is 1.94. The highest BCUT2D eigenvalue weighted by atomic mass is 16.1. The van der Waals surface area contributed by atoms with Gasteiger partial charge in [0.05, 0.1) is 6.20 Å². The summed E-state index contributed by atoms with van der Waals surface area (Å²) >= 11 is 0. The van der Waals surface area contributed by atoms with Crippen LogP contribution in [0, 0.1) is 0 Å². The lowest BCUT2D eigenvalue weighted by Crippen LogP contribution is -2.11. The van der Waals surface area contributed by atoms with Crippen molar-refractivity contribution in [3.05, 3.63) is 22.9 Å². The molecule has 0 bridgehead atoms. The number of hydrogen-bond donors (Lipinski definition) is 1. The molecule has 6 heteroatoms. The van der Waals surface area contributed by atoms with E-state index < -0.39 is 0 Å². The summed E-state index contributed by atoms with van der Waals surface area (Å²) in [5.74, 6) is 0. The van der Waals surface area contributed by atoms with Gasteiger partial charge in [-0.2, -0.15) is 0 Å². The molecule has 6 nitrogen and oxygen atoms in total. The molecule has 2 aromatic heterocycles. The summed E-state index contributed by atoms with van der Waals surface area (Å²) in [6.45, 7) is 0. The number of nitrogens with zero attached hydrogens (tertiary/aromatic N) is 4. The number of aromatic nitrogens is 5. The molecule has 11 heavy (non-hydrogen) atoms. The van der Waals surface area contributed by atoms with Gasteiger partial charge in [0.25, 0.3) is 5.56 Å². The van der Waals surface area contributed by atoms with Gasteiger partial charge in [-0.3, -0.25) is 4.79 Å². The molecule has 0 amide bonds. The number of aromatic amines is 1. The molecule has 2 heterocycles. The number of H-pyrrole nitrogens is 1. The van der Waals surface area contributed by atoms with Gasteiger partial charge in [0.2, 0.25) is 0 Å². The van der Waals surface area contributed by atoms with Gasteiger partial charge in [0.15, 0.2) is 5.52 Å². The Hall–Kier alpha value is -1.85. The number of nitrogens with one attached hydrogen (secondary N) is 1. The first-order chi connectivity index (χ1) is 5.38. The second-order valence-corrected chi connectivity index (χ2v) is 1.90. The standard InChI is InChI=1S/C5H3N5O/c11-5-4-3(8-10-9-5)1-6-2-7-4/h1-2H,(H,8,9,11). The molecule has 54 valence electrons. The van der Waals surface area contributed by atoms with Crippen molar-refractivity contribution in [2.75, 3.05) is 0 Å². The van der Waals surface area contributed by atoms with Gasteiger partial charge in [-0.1, -0.05) is 5.21 Å². The number of rotatable bonds is 0. The Labute approximate surface area is 60.3 Å². The van der Waals surface area contributed by atoms with Crippen molar-refractivity contribution in [2.24, 2.45) is 0 Å². The fourth-order valence-corrected chi connectivity index (χ4v) is 0.748. The highest BCUT2D eigenvalue weighted by Gasteiger charge is 1.98. The van der Waals surface area contributed by atoms with Crippen molar-refractivity contribution in [2.45, 2.75) is 0 Å². The fraction of sp³-hybridized carbons (Fsp3) is 0. The maximum atomic E-state index is 10.9. The van der Waals surface area contributed by atoms with E-state index in [1.54, 1.807) is 0 Å². The van der Waals surface area contributed by atoms with Crippen LogP contribution in [0.2, 0.25) is 0 Å². The Kier molecular flexibility index (Phi) is 1.12. The molecule has 0 aromatic carbocycles. The van der Waals surface area contributed by atoms with E-state index in [9.17, 15) is 4.79 Å². The molecule has 0 atom stereocenters. The lowest BCUT2D eigenvalue weighted by molar-refractivity contribution is 0.864. The average molecular weight is 149 g/mol. The first-order valence-electron chi connectivity index (χ1n) is 2.89. The Balaban J connectivity index is 3.03. The maximum absolute atomic E-state index is 10.9. The number of hydrogen-bond acceptors (Lipinski definition) is 5. The van der Waals surface area contributed by atoms with Crippen molar-refractivity contribution in [1.82, 2.24) is 25.4 Å². The van der Waals surface area contributed by atoms with E-state index in [1.807, 2.05) is 0 Å². The summed E-state index contributed by atoms with van der Waals surface area (Å²) < 4.78 is 0. The summed E-state index contributed by atoms with van der Waals surface area (Å²) in [7, 11) is 0. The Bertz CT molecular complexity index is 431. The summed E-state index contributed by atoms with van der Waals surface area (Å²) in [4.78, 5) is 18.3. The quantitative estimate of drug-likeness (QED) is 0.525. The lowest BCUT2D eigenvalue weighted by Gasteiger charge is -1.88. The topological polar surface area (TPSA) is 84.4 Å². The zero-order valence-corrected chi connectivity index (χ0v) is 5.35. The molecule has 0 radical (unpaired) electrons. The Morgan fingerprint density at radius 1 is 1.45 bits per heavy atom. The van der Waals surface area contributed by atoms with Crippen LogP contribution in [-0.2, 0) is 0 Å². The Morgan fingerprint density at radius 2 is 2.36 bits per heavy atom. The normalized spacial score (nSPS) is 10.2. The van der Waals surface area contributed by atoms with Gasteiger partial charge in [-0.25, -0.2) is 15.1 Å². The minimum atomic E-state index is -0.350. The van der Waals surface area contributed by atoms with Gasteiger partial charge in [0, 0.05) is 0 Å². The van der Waals surface area contributed by atoms with Gasteiger partial charge in [-0.15, -0.1) is 5.10 Å². The maximum Gasteiger partial charge on any atom is 0.293 e. The minimum Gasteiger partial charge on any atom is -0.265 e. The molecule has 2 aromatic rings. The van der Waals surface area contributed by atoms with Crippen LogP contribution < -0.4 is 5.56 Å². The second kappa shape index (κ2) is 2.08. The van der Waals surface area contributed by atoms with Crippen molar-refractivity contribution in [3.8, 4) is 0 Å². The van der Waals surface area contributed by atoms with Crippen LogP contribution in [0.1, 0.15) is 0 Å². The monoisotopic (exact) mass is 149 g/mol. The van der Waals surface area contributed by atoms with Gasteiger partial charge < -0.3 is 0 Å². The third kappa shape index (κ3) is 0.841. The van der Waals surface area contributed by atoms with Crippen LogP contribution >= 0.6 is 0 Å². The predicted molar refractivity (Wildman–Crippen MR) is 35.7 cm³/mol. The molecule has 0 aliphatic rings. The van der Waals surface area contributed by atoms with E-state index in [-0.39, 0.29) is 11.1 Å². The van der Waals surface area contributed by atoms with Crippen molar-refractivity contribution < 1.29 is 0 Å². The average Bonchev–Trinajstić information content (AvgIpc) is 2.06. The predicted octanol–water partition coefficient (Wildman–Crippen LogP) is -0.892. The zero-order valence-electron chi connectivity index (χ0n) is 5.35. The molecule has 0 spiro atoms. The van der Waals surface area contributed by atoms with Crippen LogP contribution in [0.25, 0.3) is 11.0 Å². The van der Waals surface area contributed by atoms with Crippen LogP contribution in [0.5, 0.6) is 0 Å². The molecule has 0 aliphatic carbocycles. The molecule has 0 unspecified atom stereocenters. The van der Waals surface area contributed by atoms with Crippen LogP contribution in [0.3, 0.4) is 0 Å². The molecule has 0 saturated heterocycles. The van der Waals surface area contributed by atoms with E-state index in [0.29, 0.717) is 5.52 Å². The van der Waals surface area contributed by atoms with E-state index >= 15 is 0 Å². The first-order valence-corrected chi connectivity index (χ1v) is 2.89. The van der Waals surface area contributed by atoms with Crippen LogP contribution in [0.15, 0.2) is 17.3 Å². The zero-order chi connectivity index (χ0) is 7.68. The summed E-state index contributed by atoms with van der Waals surface area (Å²) in [5, 5.41) is 9.12.